The largest absolute Gasteiger partial charge is 0.448 e. The predicted molar refractivity (Wildman–Crippen MR) is 41.9 cm³/mol. The zero-order valence-electron chi connectivity index (χ0n) is 6.67. The lowest BCUT2D eigenvalue weighted by Crippen LogP contribution is -2.07. The number of nitrogens with zero attached hydrogens (tertiary/aromatic N) is 1. The van der Waals surface area contributed by atoms with E-state index in [1.165, 1.54) is 0 Å². The molecule has 0 spiro atoms. The summed E-state index contributed by atoms with van der Waals surface area (Å²) in [7, 11) is -4.57. The van der Waals surface area contributed by atoms with Gasteiger partial charge in [-0.2, -0.15) is 8.42 Å². The van der Waals surface area contributed by atoms with E-state index in [2.05, 4.69) is 14.2 Å². The zero-order chi connectivity index (χ0) is 10.3. The molecule has 8 heteroatoms. The number of nitrogens with one attached hydrogen (secondary N) is 1. The number of hydrogen-bond donors (Lipinski definition) is 2. The van der Waals surface area contributed by atoms with E-state index >= 15 is 0 Å². The molecule has 7 nitrogen and oxygen atoms in total. The van der Waals surface area contributed by atoms with Crippen LogP contribution in [0.4, 0.5) is 0 Å². The van der Waals surface area contributed by atoms with E-state index in [9.17, 15) is 13.2 Å². The Labute approximate surface area is 74.7 Å². The summed E-state index contributed by atoms with van der Waals surface area (Å²) >= 11 is 0. The molecule has 13 heavy (non-hydrogen) atoms. The van der Waals surface area contributed by atoms with Crippen LogP contribution < -0.4 is 0 Å². The zero-order valence-corrected chi connectivity index (χ0v) is 7.48. The summed E-state index contributed by atoms with van der Waals surface area (Å²) < 4.78 is 30.2. The van der Waals surface area contributed by atoms with Gasteiger partial charge in [0.15, 0.2) is 0 Å². The molecule has 1 aromatic heterocycles. The molecular weight excluding hydrogens is 200 g/mol. The van der Waals surface area contributed by atoms with Gasteiger partial charge in [-0.25, -0.2) is 4.98 Å². The third-order valence-corrected chi connectivity index (χ3v) is 1.07. The monoisotopic (exact) mass is 208 g/mol. The molecule has 0 saturated heterocycles. The Balaban J connectivity index is 0.000000243. The molecule has 0 unspecified atom stereocenters. The highest BCUT2D eigenvalue weighted by atomic mass is 32.3. The fourth-order valence-electron chi connectivity index (χ4n) is 0.363. The van der Waals surface area contributed by atoms with Crippen molar-refractivity contribution in [3.05, 3.63) is 18.7 Å². The summed E-state index contributed by atoms with van der Waals surface area (Å²) in [5, 5.41) is 0. The Morgan fingerprint density at radius 2 is 2.23 bits per heavy atom. The Kier molecular flexibility index (Phi) is 4.70. The van der Waals surface area contributed by atoms with Gasteiger partial charge >= 0.3 is 16.4 Å². The summed E-state index contributed by atoms with van der Waals surface area (Å²) in [6.45, 7) is 0.869. The number of aromatic amines is 1. The quantitative estimate of drug-likeness (QED) is 0.616. The van der Waals surface area contributed by atoms with Gasteiger partial charge in [0, 0.05) is 19.3 Å². The van der Waals surface area contributed by atoms with Crippen molar-refractivity contribution in [1.82, 2.24) is 9.97 Å². The maximum atomic E-state index is 9.70. The maximum Gasteiger partial charge on any atom is 0.448 e. The molecule has 1 aromatic rings. The van der Waals surface area contributed by atoms with Crippen LogP contribution in [0.3, 0.4) is 0 Å². The maximum absolute atomic E-state index is 9.70. The van der Waals surface area contributed by atoms with Crippen molar-refractivity contribution in [3.63, 3.8) is 0 Å². The van der Waals surface area contributed by atoms with Crippen LogP contribution in [0.5, 0.6) is 0 Å². The number of rotatable bonds is 1. The molecule has 0 atom stereocenters. The second-order valence-electron chi connectivity index (χ2n) is 1.76. The minimum absolute atomic E-state index is 0.869. The molecule has 0 aliphatic rings. The highest BCUT2D eigenvalue weighted by Gasteiger charge is 2.06. The first-order valence-electron chi connectivity index (χ1n) is 3.02. The SMILES string of the molecule is CC(=O)OS(=O)(=O)O.c1c[nH]cn1. The first-order valence-corrected chi connectivity index (χ1v) is 4.38. The highest BCUT2D eigenvalue weighted by Crippen LogP contribution is 1.84. The summed E-state index contributed by atoms with van der Waals surface area (Å²) in [5.74, 6) is -1.06. The Morgan fingerprint density at radius 1 is 1.62 bits per heavy atom. The van der Waals surface area contributed by atoms with Crippen molar-refractivity contribution in [2.24, 2.45) is 0 Å². The predicted octanol–water partition coefficient (Wildman–Crippen LogP) is -0.238. The average molecular weight is 208 g/mol. The van der Waals surface area contributed by atoms with Gasteiger partial charge in [-0.1, -0.05) is 0 Å². The van der Waals surface area contributed by atoms with E-state index in [4.69, 9.17) is 4.55 Å². The lowest BCUT2D eigenvalue weighted by molar-refractivity contribution is -0.131. The third-order valence-electron chi connectivity index (χ3n) is 0.629. The van der Waals surface area contributed by atoms with Crippen LogP contribution in [-0.2, 0) is 19.4 Å². The molecular formula is C5H8N2O5S. The van der Waals surface area contributed by atoms with Gasteiger partial charge in [0.25, 0.3) is 0 Å². The van der Waals surface area contributed by atoms with Gasteiger partial charge < -0.3 is 9.17 Å². The summed E-state index contributed by atoms with van der Waals surface area (Å²) in [5.41, 5.74) is 0. The molecule has 0 radical (unpaired) electrons. The van der Waals surface area contributed by atoms with Crippen molar-refractivity contribution in [1.29, 1.82) is 0 Å². The Morgan fingerprint density at radius 3 is 2.31 bits per heavy atom. The van der Waals surface area contributed by atoms with E-state index in [-0.39, 0.29) is 0 Å². The van der Waals surface area contributed by atoms with Crippen molar-refractivity contribution in [3.8, 4) is 0 Å². The third kappa shape index (κ3) is 10.6. The molecule has 0 aromatic carbocycles. The number of carbonyl (C=O) groups excluding carboxylic acids is 1. The van der Waals surface area contributed by atoms with Gasteiger partial charge in [-0.05, 0) is 0 Å². The lowest BCUT2D eigenvalue weighted by Gasteiger charge is -1.90. The molecule has 1 heterocycles. The van der Waals surface area contributed by atoms with Crippen LogP contribution >= 0.6 is 0 Å². The number of carbonyl (C=O) groups is 1. The number of imidazole rings is 1. The molecule has 0 aliphatic heterocycles. The molecule has 0 amide bonds. The van der Waals surface area contributed by atoms with Crippen molar-refractivity contribution in [2.45, 2.75) is 6.92 Å². The van der Waals surface area contributed by atoms with Crippen LogP contribution in [0.1, 0.15) is 6.92 Å². The molecule has 0 aliphatic carbocycles. The van der Waals surface area contributed by atoms with Crippen LogP contribution in [0.2, 0.25) is 0 Å². The Hall–Kier alpha value is -1.41. The minimum Gasteiger partial charge on any atom is -0.351 e. The van der Waals surface area contributed by atoms with Crippen LogP contribution in [0.15, 0.2) is 18.7 Å². The van der Waals surface area contributed by atoms with Crippen molar-refractivity contribution in [2.75, 3.05) is 0 Å². The molecule has 0 bridgehead atoms. The van der Waals surface area contributed by atoms with E-state index < -0.39 is 16.4 Å². The number of H-pyrrole nitrogens is 1. The topological polar surface area (TPSA) is 109 Å². The highest BCUT2D eigenvalue weighted by molar-refractivity contribution is 7.81. The Bertz CT molecular complexity index is 313. The van der Waals surface area contributed by atoms with Gasteiger partial charge in [0.1, 0.15) is 0 Å². The fourth-order valence-corrected chi connectivity index (χ4v) is 0.660. The summed E-state index contributed by atoms with van der Waals surface area (Å²) in [6.07, 6.45) is 5.08. The standard InChI is InChI=1S/C3H4N2.C2H4O5S/c1-2-5-3-4-1;1-2(3)7-8(4,5)6/h1-3H,(H,4,5);1H3,(H,4,5,6). The van der Waals surface area contributed by atoms with Crippen LogP contribution in [0, 0.1) is 0 Å². The molecule has 74 valence electrons. The van der Waals surface area contributed by atoms with Gasteiger partial charge in [0.05, 0.1) is 6.33 Å². The second-order valence-corrected chi connectivity index (χ2v) is 2.79. The van der Waals surface area contributed by atoms with E-state index in [0.29, 0.717) is 0 Å². The average Bonchev–Trinajstić information content (AvgIpc) is 2.33. The molecule has 1 rings (SSSR count). The second kappa shape index (κ2) is 5.27. The van der Waals surface area contributed by atoms with Gasteiger partial charge in [-0.3, -0.25) is 9.35 Å². The van der Waals surface area contributed by atoms with E-state index in [1.807, 2.05) is 0 Å². The lowest BCUT2D eigenvalue weighted by atomic mass is 10.9. The van der Waals surface area contributed by atoms with Gasteiger partial charge in [-0.15, -0.1) is 0 Å². The van der Waals surface area contributed by atoms with E-state index in [0.717, 1.165) is 6.92 Å². The molecule has 0 fully saturated rings. The van der Waals surface area contributed by atoms with Crippen LogP contribution in [0.25, 0.3) is 0 Å². The smallest absolute Gasteiger partial charge is 0.351 e. The van der Waals surface area contributed by atoms with E-state index in [1.54, 1.807) is 18.7 Å². The summed E-state index contributed by atoms with van der Waals surface area (Å²) in [6, 6.07) is 0. The number of hydrogen-bond acceptors (Lipinski definition) is 5. The van der Waals surface area contributed by atoms with Crippen molar-refractivity contribution >= 4 is 16.4 Å². The van der Waals surface area contributed by atoms with Gasteiger partial charge in [0.2, 0.25) is 0 Å². The minimum atomic E-state index is -4.57. The fraction of sp³-hybridized carbons (Fsp3) is 0.200. The van der Waals surface area contributed by atoms with Crippen LogP contribution in [-0.4, -0.2) is 28.9 Å². The number of aromatic nitrogens is 2. The summed E-state index contributed by atoms with van der Waals surface area (Å²) in [4.78, 5) is 16.1. The van der Waals surface area contributed by atoms with Crippen molar-refractivity contribution < 1.29 is 21.9 Å². The first-order chi connectivity index (χ1) is 5.92. The normalized spacial score (nSPS) is 9.69. The first kappa shape index (κ1) is 11.6. The molecule has 2 N–H and O–H groups in total. The molecule has 0 saturated carbocycles.